The van der Waals surface area contributed by atoms with E-state index >= 15 is 0 Å². The summed E-state index contributed by atoms with van der Waals surface area (Å²) in [6.07, 6.45) is 6.60. The lowest BCUT2D eigenvalue weighted by Crippen LogP contribution is -2.41. The number of likely N-dealkylation sites (tertiary alicyclic amines) is 1. The van der Waals surface area contributed by atoms with Crippen LogP contribution in [0.1, 0.15) is 45.4 Å². The normalized spacial score (nSPS) is 32.0. The summed E-state index contributed by atoms with van der Waals surface area (Å²) < 4.78 is 0. The summed E-state index contributed by atoms with van der Waals surface area (Å²) in [6, 6.07) is 0.266. The van der Waals surface area contributed by atoms with Crippen molar-refractivity contribution in [3.05, 3.63) is 0 Å². The molecule has 1 saturated heterocycles. The van der Waals surface area contributed by atoms with Crippen molar-refractivity contribution in [2.75, 3.05) is 13.1 Å². The van der Waals surface area contributed by atoms with Gasteiger partial charge in [-0.1, -0.05) is 13.3 Å². The van der Waals surface area contributed by atoms with Crippen LogP contribution >= 0.6 is 0 Å². The summed E-state index contributed by atoms with van der Waals surface area (Å²) >= 11 is 0. The van der Waals surface area contributed by atoms with Gasteiger partial charge in [0.25, 0.3) is 0 Å². The third kappa shape index (κ3) is 2.57. The second-order valence-electron chi connectivity index (χ2n) is 5.45. The molecule has 1 amide bonds. The van der Waals surface area contributed by atoms with Gasteiger partial charge in [0.05, 0.1) is 0 Å². The van der Waals surface area contributed by atoms with Crippen LogP contribution in [0.3, 0.4) is 0 Å². The maximum atomic E-state index is 12.2. The summed E-state index contributed by atoms with van der Waals surface area (Å²) in [5.74, 6) is 1.45. The van der Waals surface area contributed by atoms with Crippen molar-refractivity contribution in [1.82, 2.24) is 4.90 Å². The maximum absolute atomic E-state index is 12.2. The van der Waals surface area contributed by atoms with Gasteiger partial charge in [0.15, 0.2) is 0 Å². The fourth-order valence-corrected chi connectivity index (χ4v) is 3.06. The zero-order chi connectivity index (χ0) is 11.5. The lowest BCUT2D eigenvalue weighted by atomic mass is 9.93. The van der Waals surface area contributed by atoms with E-state index in [-0.39, 0.29) is 12.0 Å². The molecule has 92 valence electrons. The van der Waals surface area contributed by atoms with E-state index in [9.17, 15) is 4.79 Å². The highest BCUT2D eigenvalue weighted by atomic mass is 16.2. The second kappa shape index (κ2) is 5.17. The predicted molar refractivity (Wildman–Crippen MR) is 64.9 cm³/mol. The van der Waals surface area contributed by atoms with Crippen LogP contribution in [0.2, 0.25) is 0 Å². The summed E-state index contributed by atoms with van der Waals surface area (Å²) in [5.41, 5.74) is 5.87. The van der Waals surface area contributed by atoms with E-state index in [1.165, 1.54) is 19.3 Å². The summed E-state index contributed by atoms with van der Waals surface area (Å²) in [4.78, 5) is 14.3. The fourth-order valence-electron chi connectivity index (χ4n) is 3.06. The summed E-state index contributed by atoms with van der Waals surface area (Å²) in [6.45, 7) is 4.20. The maximum Gasteiger partial charge on any atom is 0.225 e. The predicted octanol–water partition coefficient (Wildman–Crippen LogP) is 1.76. The minimum absolute atomic E-state index is 0.230. The smallest absolute Gasteiger partial charge is 0.225 e. The Hall–Kier alpha value is -0.570. The van der Waals surface area contributed by atoms with Gasteiger partial charge < -0.3 is 10.6 Å². The summed E-state index contributed by atoms with van der Waals surface area (Å²) in [7, 11) is 0. The van der Waals surface area contributed by atoms with Crippen molar-refractivity contribution in [1.29, 1.82) is 0 Å². The molecule has 2 atom stereocenters. The molecule has 16 heavy (non-hydrogen) atoms. The average molecular weight is 224 g/mol. The topological polar surface area (TPSA) is 46.3 Å². The van der Waals surface area contributed by atoms with Crippen molar-refractivity contribution in [3.8, 4) is 0 Å². The fraction of sp³-hybridized carbons (Fsp3) is 0.923. The molecule has 3 heteroatoms. The van der Waals surface area contributed by atoms with Crippen molar-refractivity contribution >= 4 is 5.91 Å². The number of hydrogen-bond acceptors (Lipinski definition) is 2. The first-order chi connectivity index (χ1) is 7.70. The summed E-state index contributed by atoms with van der Waals surface area (Å²) in [5, 5.41) is 0. The number of carbonyl (C=O) groups excluding carboxylic acids is 1. The molecule has 0 radical (unpaired) electrons. The van der Waals surface area contributed by atoms with E-state index in [4.69, 9.17) is 5.73 Å². The van der Waals surface area contributed by atoms with E-state index in [0.29, 0.717) is 5.91 Å². The van der Waals surface area contributed by atoms with Gasteiger partial charge in [-0.15, -0.1) is 0 Å². The third-order valence-corrected chi connectivity index (χ3v) is 4.33. The van der Waals surface area contributed by atoms with Crippen LogP contribution in [-0.4, -0.2) is 29.9 Å². The van der Waals surface area contributed by atoms with Gasteiger partial charge in [0.2, 0.25) is 5.91 Å². The second-order valence-corrected chi connectivity index (χ2v) is 5.45. The lowest BCUT2D eigenvalue weighted by Gasteiger charge is -2.33. The zero-order valence-corrected chi connectivity index (χ0v) is 10.3. The van der Waals surface area contributed by atoms with Crippen LogP contribution in [0, 0.1) is 11.8 Å². The molecule has 2 fully saturated rings. The van der Waals surface area contributed by atoms with Crippen LogP contribution in [0.15, 0.2) is 0 Å². The average Bonchev–Trinajstić information content (AvgIpc) is 2.75. The van der Waals surface area contributed by atoms with Gasteiger partial charge in [-0.05, 0) is 38.0 Å². The Bertz CT molecular complexity index is 246. The molecular weight excluding hydrogens is 200 g/mol. The third-order valence-electron chi connectivity index (χ3n) is 4.33. The van der Waals surface area contributed by atoms with Crippen molar-refractivity contribution in [3.63, 3.8) is 0 Å². The Balaban J connectivity index is 1.82. The highest BCUT2D eigenvalue weighted by Gasteiger charge is 2.32. The van der Waals surface area contributed by atoms with Gasteiger partial charge >= 0.3 is 0 Å². The minimum atomic E-state index is 0.230. The number of nitrogens with two attached hydrogens (primary N) is 1. The van der Waals surface area contributed by atoms with Gasteiger partial charge in [0, 0.05) is 25.0 Å². The van der Waals surface area contributed by atoms with Crippen LogP contribution in [0.25, 0.3) is 0 Å². The number of rotatable bonds is 2. The van der Waals surface area contributed by atoms with Crippen molar-refractivity contribution in [2.45, 2.75) is 51.5 Å². The van der Waals surface area contributed by atoms with Gasteiger partial charge in [-0.3, -0.25) is 4.79 Å². The number of hydrogen-bond donors (Lipinski definition) is 1. The molecule has 0 aromatic carbocycles. The van der Waals surface area contributed by atoms with E-state index < -0.39 is 0 Å². The van der Waals surface area contributed by atoms with Gasteiger partial charge in [-0.25, -0.2) is 0 Å². The number of carbonyl (C=O) groups is 1. The Morgan fingerprint density at radius 3 is 2.44 bits per heavy atom. The molecule has 2 unspecified atom stereocenters. The van der Waals surface area contributed by atoms with Crippen LogP contribution in [0.5, 0.6) is 0 Å². The van der Waals surface area contributed by atoms with Crippen LogP contribution < -0.4 is 5.73 Å². The van der Waals surface area contributed by atoms with E-state index in [1.54, 1.807) is 0 Å². The zero-order valence-electron chi connectivity index (χ0n) is 10.3. The SMILES string of the molecule is CCC1CCN(C(=O)C2CCC(N)C2)CC1. The molecule has 0 spiro atoms. The molecule has 1 aliphatic heterocycles. The highest BCUT2D eigenvalue weighted by Crippen LogP contribution is 2.28. The molecule has 0 aromatic heterocycles. The Morgan fingerprint density at radius 1 is 1.25 bits per heavy atom. The molecule has 1 heterocycles. The number of amides is 1. The molecule has 1 aliphatic carbocycles. The Morgan fingerprint density at radius 2 is 1.94 bits per heavy atom. The highest BCUT2D eigenvalue weighted by molar-refractivity contribution is 5.79. The minimum Gasteiger partial charge on any atom is -0.342 e. The van der Waals surface area contributed by atoms with Gasteiger partial charge in [0.1, 0.15) is 0 Å². The number of piperidine rings is 1. The van der Waals surface area contributed by atoms with Crippen molar-refractivity contribution in [2.24, 2.45) is 17.6 Å². The van der Waals surface area contributed by atoms with E-state index in [2.05, 4.69) is 11.8 Å². The molecule has 2 rings (SSSR count). The van der Waals surface area contributed by atoms with E-state index in [1.807, 2.05) is 0 Å². The van der Waals surface area contributed by atoms with Crippen LogP contribution in [-0.2, 0) is 4.79 Å². The first-order valence-electron chi connectivity index (χ1n) is 6.75. The molecule has 2 aliphatic rings. The van der Waals surface area contributed by atoms with Crippen LogP contribution in [0.4, 0.5) is 0 Å². The molecule has 2 N–H and O–H groups in total. The van der Waals surface area contributed by atoms with Crippen molar-refractivity contribution < 1.29 is 4.79 Å². The molecule has 0 aromatic rings. The quantitative estimate of drug-likeness (QED) is 0.777. The van der Waals surface area contributed by atoms with E-state index in [0.717, 1.165) is 38.3 Å². The molecular formula is C13H24N2O. The molecule has 3 nitrogen and oxygen atoms in total. The monoisotopic (exact) mass is 224 g/mol. The standard InChI is InChI=1S/C13H24N2O/c1-2-10-5-7-15(8-6-10)13(16)11-3-4-12(14)9-11/h10-12H,2-9,14H2,1H3. The first kappa shape index (κ1) is 11.9. The lowest BCUT2D eigenvalue weighted by molar-refractivity contribution is -0.136. The molecule has 0 bridgehead atoms. The first-order valence-corrected chi connectivity index (χ1v) is 6.75. The van der Waals surface area contributed by atoms with Gasteiger partial charge in [-0.2, -0.15) is 0 Å². The largest absolute Gasteiger partial charge is 0.342 e. The Labute approximate surface area is 98.4 Å². The molecule has 1 saturated carbocycles. The Kier molecular flexibility index (Phi) is 3.85. The number of nitrogens with zero attached hydrogens (tertiary/aromatic N) is 1.